The van der Waals surface area contributed by atoms with Crippen LogP contribution in [0.3, 0.4) is 0 Å². The van der Waals surface area contributed by atoms with Crippen LogP contribution in [0.1, 0.15) is 27.7 Å². The van der Waals surface area contributed by atoms with Gasteiger partial charge in [-0.25, -0.2) is 8.78 Å². The van der Waals surface area contributed by atoms with E-state index in [-0.39, 0.29) is 16.9 Å². The molecule has 0 aliphatic rings. The Kier molecular flexibility index (Phi) is 6.18. The van der Waals surface area contributed by atoms with Gasteiger partial charge in [0.15, 0.2) is 11.6 Å². The second kappa shape index (κ2) is 8.96. The van der Waals surface area contributed by atoms with Crippen LogP contribution in [0.2, 0.25) is 0 Å². The minimum atomic E-state index is -1.17. The number of halogens is 2. The number of benzene rings is 1. The number of pyridine rings is 2. The molecule has 0 aliphatic heterocycles. The van der Waals surface area contributed by atoms with E-state index in [2.05, 4.69) is 20.0 Å². The Labute approximate surface area is 164 Å². The Morgan fingerprint density at radius 2 is 2.07 bits per heavy atom. The predicted octanol–water partition coefficient (Wildman–Crippen LogP) is 2.74. The number of amides is 1. The predicted molar refractivity (Wildman–Crippen MR) is 100 cm³/mol. The van der Waals surface area contributed by atoms with Gasteiger partial charge in [-0.05, 0) is 29.8 Å². The first kappa shape index (κ1) is 20.0. The average molecular weight is 401 g/mol. The molecule has 3 aromatic rings. The van der Waals surface area contributed by atoms with E-state index in [1.165, 1.54) is 43.8 Å². The fourth-order valence-electron chi connectivity index (χ4n) is 2.68. The molecule has 0 bridgehead atoms. The van der Waals surface area contributed by atoms with Crippen molar-refractivity contribution in [2.75, 3.05) is 14.0 Å². The van der Waals surface area contributed by atoms with Crippen molar-refractivity contribution in [2.24, 2.45) is 0 Å². The topological polar surface area (TPSA) is 93.3 Å². The Morgan fingerprint density at radius 1 is 1.24 bits per heavy atom. The van der Waals surface area contributed by atoms with Crippen LogP contribution in [0.25, 0.3) is 0 Å². The van der Waals surface area contributed by atoms with Gasteiger partial charge in [-0.3, -0.25) is 14.6 Å². The minimum absolute atomic E-state index is 0.204. The van der Waals surface area contributed by atoms with Gasteiger partial charge in [0.1, 0.15) is 5.75 Å². The normalized spacial score (nSPS) is 11.6. The van der Waals surface area contributed by atoms with Crippen LogP contribution in [-0.4, -0.2) is 29.8 Å². The molecule has 0 saturated carbocycles. The molecule has 2 aromatic heterocycles. The lowest BCUT2D eigenvalue weighted by Crippen LogP contribution is -2.30. The molecular formula is C20H17F2N3O4. The zero-order valence-corrected chi connectivity index (χ0v) is 15.3. The van der Waals surface area contributed by atoms with Crippen molar-refractivity contribution in [3.05, 3.63) is 87.9 Å². The molecule has 7 nitrogen and oxygen atoms in total. The van der Waals surface area contributed by atoms with Gasteiger partial charge in [-0.2, -0.15) is 0 Å². The number of hydrogen-bond donors (Lipinski definition) is 2. The molecule has 1 amide bonds. The molecule has 1 aromatic carbocycles. The third-order valence-electron chi connectivity index (χ3n) is 4.11. The lowest BCUT2D eigenvalue weighted by atomic mass is 10.0. The van der Waals surface area contributed by atoms with Crippen LogP contribution in [-0.2, 0) is 0 Å². The average Bonchev–Trinajstić information content (AvgIpc) is 2.74. The summed E-state index contributed by atoms with van der Waals surface area (Å²) in [5, 5.41) is 2.75. The smallest absolute Gasteiger partial charge is 0.253 e. The lowest BCUT2D eigenvalue weighted by molar-refractivity contribution is 0.0941. The lowest BCUT2D eigenvalue weighted by Gasteiger charge is -2.20. The van der Waals surface area contributed by atoms with Crippen LogP contribution in [0.15, 0.2) is 59.7 Å². The number of carbonyl (C=O) groups excluding carboxylic acids is 1. The first-order valence-electron chi connectivity index (χ1n) is 8.49. The molecular weight excluding hydrogens is 384 g/mol. The van der Waals surface area contributed by atoms with E-state index in [1.807, 2.05) is 0 Å². The number of alkyl halides is 1. The van der Waals surface area contributed by atoms with E-state index in [9.17, 15) is 18.4 Å². The number of aromatic nitrogens is 2. The van der Waals surface area contributed by atoms with E-state index in [0.717, 1.165) is 6.07 Å². The Hall–Kier alpha value is -3.75. The van der Waals surface area contributed by atoms with E-state index < -0.39 is 24.6 Å². The van der Waals surface area contributed by atoms with Crippen LogP contribution in [0.4, 0.5) is 8.78 Å². The summed E-state index contributed by atoms with van der Waals surface area (Å²) in [6, 6.07) is 8.85. The molecule has 2 N–H and O–H groups in total. The van der Waals surface area contributed by atoms with E-state index >= 15 is 0 Å². The van der Waals surface area contributed by atoms with Gasteiger partial charge in [-0.15, -0.1) is 0 Å². The summed E-state index contributed by atoms with van der Waals surface area (Å²) < 4.78 is 36.4. The molecule has 1 unspecified atom stereocenters. The Bertz CT molecular complexity index is 1050. The van der Waals surface area contributed by atoms with Crippen molar-refractivity contribution in [2.45, 2.75) is 6.04 Å². The summed E-state index contributed by atoms with van der Waals surface area (Å²) in [5.74, 6) is -1.05. The molecule has 0 spiro atoms. The van der Waals surface area contributed by atoms with Crippen molar-refractivity contribution in [3.63, 3.8) is 0 Å². The fraction of sp³-hybridized carbons (Fsp3) is 0.150. The highest BCUT2D eigenvalue weighted by Gasteiger charge is 2.21. The van der Waals surface area contributed by atoms with Gasteiger partial charge in [-0.1, -0.05) is 6.07 Å². The Morgan fingerprint density at radius 3 is 2.72 bits per heavy atom. The number of carbonyl (C=O) groups is 1. The highest BCUT2D eigenvalue weighted by atomic mass is 19.1. The molecule has 9 heteroatoms. The van der Waals surface area contributed by atoms with Crippen molar-refractivity contribution < 1.29 is 23.0 Å². The summed E-state index contributed by atoms with van der Waals surface area (Å²) in [7, 11) is 1.48. The number of hydrogen-bond acceptors (Lipinski definition) is 5. The number of ether oxygens (including phenoxy) is 2. The number of rotatable bonds is 7. The highest BCUT2D eigenvalue weighted by Crippen LogP contribution is 2.27. The van der Waals surface area contributed by atoms with E-state index in [4.69, 9.17) is 4.74 Å². The second-order valence-corrected chi connectivity index (χ2v) is 5.91. The highest BCUT2D eigenvalue weighted by molar-refractivity contribution is 5.94. The monoisotopic (exact) mass is 401 g/mol. The molecule has 0 aliphatic carbocycles. The van der Waals surface area contributed by atoms with Crippen molar-refractivity contribution in [3.8, 4) is 11.5 Å². The summed E-state index contributed by atoms with van der Waals surface area (Å²) in [6.07, 6.45) is 2.76. The van der Waals surface area contributed by atoms with Crippen molar-refractivity contribution >= 4 is 5.91 Å². The molecule has 1 atom stereocenters. The minimum Gasteiger partial charge on any atom is -0.497 e. The van der Waals surface area contributed by atoms with Gasteiger partial charge >= 0.3 is 0 Å². The third kappa shape index (κ3) is 4.75. The van der Waals surface area contributed by atoms with Gasteiger partial charge in [0, 0.05) is 24.5 Å². The number of aromatic amines is 1. The summed E-state index contributed by atoms with van der Waals surface area (Å²) in [4.78, 5) is 30.5. The summed E-state index contributed by atoms with van der Waals surface area (Å²) in [6.45, 7) is -1.17. The molecule has 0 fully saturated rings. The van der Waals surface area contributed by atoms with Crippen molar-refractivity contribution in [1.82, 2.24) is 15.3 Å². The second-order valence-electron chi connectivity index (χ2n) is 5.91. The van der Waals surface area contributed by atoms with Crippen LogP contribution >= 0.6 is 0 Å². The number of nitrogens with zero attached hydrogens (tertiary/aromatic N) is 1. The molecule has 0 radical (unpaired) electrons. The summed E-state index contributed by atoms with van der Waals surface area (Å²) in [5.41, 5.74) is 0.598. The number of H-pyrrole nitrogens is 1. The first-order chi connectivity index (χ1) is 14.0. The quantitative estimate of drug-likeness (QED) is 0.635. The van der Waals surface area contributed by atoms with E-state index in [1.54, 1.807) is 12.1 Å². The Balaban J connectivity index is 1.99. The van der Waals surface area contributed by atoms with Gasteiger partial charge in [0.05, 0.1) is 24.4 Å². The van der Waals surface area contributed by atoms with Gasteiger partial charge in [0.25, 0.3) is 5.91 Å². The molecule has 0 saturated heterocycles. The third-order valence-corrected chi connectivity index (χ3v) is 4.11. The maximum absolute atomic E-state index is 14.3. The van der Waals surface area contributed by atoms with Crippen molar-refractivity contribution in [1.29, 1.82) is 0 Å². The molecule has 29 heavy (non-hydrogen) atoms. The van der Waals surface area contributed by atoms with Crippen LogP contribution in [0.5, 0.6) is 11.5 Å². The van der Waals surface area contributed by atoms with E-state index in [0.29, 0.717) is 17.0 Å². The SMILES string of the molecule is COc1ccnc(C(NC(=O)c2ccc(=O)[nH]c2)c2ccc(OCF)c(F)c2)c1. The number of nitrogens with one attached hydrogen (secondary N) is 2. The maximum atomic E-state index is 14.3. The first-order valence-corrected chi connectivity index (χ1v) is 8.49. The molecule has 150 valence electrons. The van der Waals surface area contributed by atoms with Crippen LogP contribution < -0.4 is 20.3 Å². The largest absolute Gasteiger partial charge is 0.497 e. The zero-order chi connectivity index (χ0) is 20.8. The van der Waals surface area contributed by atoms with Gasteiger partial charge in [0.2, 0.25) is 12.4 Å². The maximum Gasteiger partial charge on any atom is 0.253 e. The zero-order valence-electron chi connectivity index (χ0n) is 15.3. The van der Waals surface area contributed by atoms with Crippen LogP contribution in [0, 0.1) is 5.82 Å². The standard InChI is InChI=1S/C20H17F2N3O4/c1-28-14-6-7-23-16(9-14)19(12-2-4-17(29-11-21)15(22)8-12)25-20(27)13-3-5-18(26)24-10-13/h2-10,19H,11H2,1H3,(H,24,26)(H,25,27). The molecule has 2 heterocycles. The van der Waals surface area contributed by atoms with Gasteiger partial charge < -0.3 is 19.8 Å². The number of methoxy groups -OCH3 is 1. The molecule has 3 rings (SSSR count). The summed E-state index contributed by atoms with van der Waals surface area (Å²) >= 11 is 0. The fourth-order valence-corrected chi connectivity index (χ4v) is 2.68.